The first-order valence-corrected chi connectivity index (χ1v) is 6.37. The molecule has 20 heavy (non-hydrogen) atoms. The highest BCUT2D eigenvalue weighted by molar-refractivity contribution is 5.79. The molecule has 0 aromatic heterocycles. The predicted molar refractivity (Wildman–Crippen MR) is 68.6 cm³/mol. The van der Waals surface area contributed by atoms with Gasteiger partial charge in [-0.1, -0.05) is 6.07 Å². The Balaban J connectivity index is 2.10. The van der Waals surface area contributed by atoms with Gasteiger partial charge in [-0.15, -0.1) is 0 Å². The van der Waals surface area contributed by atoms with E-state index in [1.54, 1.807) is 25.1 Å². The van der Waals surface area contributed by atoms with E-state index >= 15 is 0 Å². The minimum absolute atomic E-state index is 0.176. The van der Waals surface area contributed by atoms with E-state index in [1.165, 1.54) is 0 Å². The predicted octanol–water partition coefficient (Wildman–Crippen LogP) is 1.61. The topological polar surface area (TPSA) is 82.1 Å². The summed E-state index contributed by atoms with van der Waals surface area (Å²) in [6, 6.07) is 5.30. The largest absolute Gasteiger partial charge is 0.481 e. The van der Waals surface area contributed by atoms with Crippen LogP contribution in [0.25, 0.3) is 0 Å². The van der Waals surface area contributed by atoms with Gasteiger partial charge in [0, 0.05) is 0 Å². The molecule has 0 bridgehead atoms. The number of carbonyl (C=O) groups is 2. The third kappa shape index (κ3) is 3.40. The van der Waals surface area contributed by atoms with Crippen molar-refractivity contribution in [2.24, 2.45) is 5.92 Å². The summed E-state index contributed by atoms with van der Waals surface area (Å²) in [7, 11) is 0. The second kappa shape index (κ2) is 6.27. The van der Waals surface area contributed by atoms with E-state index in [0.29, 0.717) is 17.9 Å². The average molecular weight is 280 g/mol. The summed E-state index contributed by atoms with van der Waals surface area (Å²) in [6.45, 7) is 2.10. The zero-order valence-corrected chi connectivity index (χ0v) is 11.1. The first kappa shape index (κ1) is 14.2. The molecule has 1 unspecified atom stereocenters. The van der Waals surface area contributed by atoms with Gasteiger partial charge in [-0.2, -0.15) is 0 Å². The molecule has 1 heterocycles. The Bertz CT molecular complexity index is 510. The number of carbonyl (C=O) groups excluding carboxylic acids is 1. The van der Waals surface area contributed by atoms with Crippen LogP contribution in [0.1, 0.15) is 18.9 Å². The zero-order valence-electron chi connectivity index (χ0n) is 11.1. The van der Waals surface area contributed by atoms with E-state index in [1.807, 2.05) is 0 Å². The van der Waals surface area contributed by atoms with Crippen molar-refractivity contribution in [2.45, 2.75) is 19.8 Å². The number of esters is 1. The molecule has 1 aromatic rings. The number of hydrogen-bond donors (Lipinski definition) is 1. The lowest BCUT2D eigenvalue weighted by atomic mass is 9.96. The molecule has 0 amide bonds. The van der Waals surface area contributed by atoms with Crippen LogP contribution in [0.2, 0.25) is 0 Å². The van der Waals surface area contributed by atoms with Gasteiger partial charge in [0.25, 0.3) is 0 Å². The molecule has 0 spiro atoms. The fourth-order valence-electron chi connectivity index (χ4n) is 2.06. The lowest BCUT2D eigenvalue weighted by molar-refractivity contribution is -0.152. The van der Waals surface area contributed by atoms with Crippen LogP contribution >= 0.6 is 0 Å². The zero-order chi connectivity index (χ0) is 14.5. The summed E-state index contributed by atoms with van der Waals surface area (Å²) >= 11 is 0. The maximum absolute atomic E-state index is 11.8. The number of carboxylic acids is 1. The van der Waals surface area contributed by atoms with Crippen molar-refractivity contribution in [2.75, 3.05) is 13.4 Å². The number of rotatable bonds is 6. The Morgan fingerprint density at radius 3 is 2.80 bits per heavy atom. The molecule has 0 aliphatic carbocycles. The van der Waals surface area contributed by atoms with Crippen molar-refractivity contribution in [3.8, 4) is 11.5 Å². The van der Waals surface area contributed by atoms with Crippen molar-refractivity contribution in [1.82, 2.24) is 0 Å². The van der Waals surface area contributed by atoms with Crippen LogP contribution in [-0.4, -0.2) is 30.4 Å². The normalized spacial score (nSPS) is 13.8. The van der Waals surface area contributed by atoms with Crippen molar-refractivity contribution in [3.05, 3.63) is 23.8 Å². The van der Waals surface area contributed by atoms with Gasteiger partial charge in [0.1, 0.15) is 0 Å². The Labute approximate surface area is 116 Å². The van der Waals surface area contributed by atoms with Crippen molar-refractivity contribution >= 4 is 11.9 Å². The number of benzene rings is 1. The van der Waals surface area contributed by atoms with E-state index in [9.17, 15) is 9.59 Å². The highest BCUT2D eigenvalue weighted by Gasteiger charge is 2.24. The molecule has 0 saturated heterocycles. The van der Waals surface area contributed by atoms with Crippen molar-refractivity contribution < 1.29 is 28.9 Å². The molecule has 1 aliphatic rings. The van der Waals surface area contributed by atoms with Crippen LogP contribution in [0.3, 0.4) is 0 Å². The van der Waals surface area contributed by atoms with Gasteiger partial charge in [-0.25, -0.2) is 0 Å². The molecule has 1 aromatic carbocycles. The SMILES string of the molecule is CCOC(=O)C(CC(=O)O)Cc1ccc2c(c1)OCO2. The van der Waals surface area contributed by atoms with Crippen LogP contribution in [0, 0.1) is 5.92 Å². The Kier molecular flexibility index (Phi) is 4.45. The molecule has 6 heteroatoms. The van der Waals surface area contributed by atoms with E-state index in [-0.39, 0.29) is 19.8 Å². The fourth-order valence-corrected chi connectivity index (χ4v) is 2.06. The van der Waals surface area contributed by atoms with Crippen LogP contribution < -0.4 is 9.47 Å². The van der Waals surface area contributed by atoms with E-state index in [4.69, 9.17) is 19.3 Å². The fraction of sp³-hybridized carbons (Fsp3) is 0.429. The van der Waals surface area contributed by atoms with Gasteiger partial charge < -0.3 is 19.3 Å². The number of ether oxygens (including phenoxy) is 3. The van der Waals surface area contributed by atoms with Crippen molar-refractivity contribution in [1.29, 1.82) is 0 Å². The smallest absolute Gasteiger partial charge is 0.309 e. The second-order valence-electron chi connectivity index (χ2n) is 4.44. The van der Waals surface area contributed by atoms with Crippen LogP contribution in [0.5, 0.6) is 11.5 Å². The molecule has 2 rings (SSSR count). The Hall–Kier alpha value is -2.24. The maximum Gasteiger partial charge on any atom is 0.309 e. The first-order valence-electron chi connectivity index (χ1n) is 6.37. The summed E-state index contributed by atoms with van der Waals surface area (Å²) in [6.07, 6.45) is 0.0368. The van der Waals surface area contributed by atoms with Gasteiger partial charge in [-0.3, -0.25) is 9.59 Å². The molecular weight excluding hydrogens is 264 g/mol. The van der Waals surface area contributed by atoms with Gasteiger partial charge >= 0.3 is 11.9 Å². The molecule has 6 nitrogen and oxygen atoms in total. The van der Waals surface area contributed by atoms with E-state index in [2.05, 4.69) is 0 Å². The molecular formula is C14H16O6. The van der Waals surface area contributed by atoms with Crippen LogP contribution in [0.4, 0.5) is 0 Å². The second-order valence-corrected chi connectivity index (χ2v) is 4.44. The van der Waals surface area contributed by atoms with Gasteiger partial charge in [0.05, 0.1) is 18.9 Å². The number of hydrogen-bond acceptors (Lipinski definition) is 5. The maximum atomic E-state index is 11.8. The van der Waals surface area contributed by atoms with Gasteiger partial charge in [0.15, 0.2) is 11.5 Å². The molecule has 1 N–H and O–H groups in total. The standard InChI is InChI=1S/C14H16O6/c1-2-18-14(17)10(7-13(15)16)5-9-3-4-11-12(6-9)20-8-19-11/h3-4,6,10H,2,5,7-8H2,1H3,(H,15,16). The highest BCUT2D eigenvalue weighted by Crippen LogP contribution is 2.33. The van der Waals surface area contributed by atoms with E-state index in [0.717, 1.165) is 5.56 Å². The summed E-state index contributed by atoms with van der Waals surface area (Å²) in [4.78, 5) is 22.6. The average Bonchev–Trinajstić information content (AvgIpc) is 2.85. The third-order valence-corrected chi connectivity index (χ3v) is 2.96. The Morgan fingerprint density at radius 1 is 1.35 bits per heavy atom. The summed E-state index contributed by atoms with van der Waals surface area (Å²) < 4.78 is 15.4. The minimum Gasteiger partial charge on any atom is -0.481 e. The summed E-state index contributed by atoms with van der Waals surface area (Å²) in [5.74, 6) is -0.954. The van der Waals surface area contributed by atoms with Crippen LogP contribution in [0.15, 0.2) is 18.2 Å². The number of aliphatic carboxylic acids is 1. The Morgan fingerprint density at radius 2 is 2.10 bits per heavy atom. The van der Waals surface area contributed by atoms with Gasteiger partial charge in [0.2, 0.25) is 6.79 Å². The quantitative estimate of drug-likeness (QED) is 0.797. The molecule has 0 radical (unpaired) electrons. The van der Waals surface area contributed by atoms with E-state index < -0.39 is 17.9 Å². The minimum atomic E-state index is -1.02. The number of fused-ring (bicyclic) bond motifs is 1. The lowest BCUT2D eigenvalue weighted by Gasteiger charge is -2.13. The molecule has 1 aliphatic heterocycles. The highest BCUT2D eigenvalue weighted by atomic mass is 16.7. The first-order chi connectivity index (χ1) is 9.60. The monoisotopic (exact) mass is 280 g/mol. The van der Waals surface area contributed by atoms with Crippen molar-refractivity contribution in [3.63, 3.8) is 0 Å². The molecule has 1 atom stereocenters. The molecule has 0 saturated carbocycles. The summed E-state index contributed by atoms with van der Waals surface area (Å²) in [5, 5.41) is 8.88. The summed E-state index contributed by atoms with van der Waals surface area (Å²) in [5.41, 5.74) is 0.813. The molecule has 0 fully saturated rings. The third-order valence-electron chi connectivity index (χ3n) is 2.96. The van der Waals surface area contributed by atoms with Gasteiger partial charge in [-0.05, 0) is 31.0 Å². The van der Waals surface area contributed by atoms with Crippen LogP contribution in [-0.2, 0) is 20.7 Å². The molecule has 108 valence electrons. The lowest BCUT2D eigenvalue weighted by Crippen LogP contribution is -2.23. The number of carboxylic acid groups (broad SMARTS) is 1.